The van der Waals surface area contributed by atoms with E-state index in [1.807, 2.05) is 18.7 Å². The zero-order chi connectivity index (χ0) is 10.1. The average molecular weight is 235 g/mol. The van der Waals surface area contributed by atoms with Gasteiger partial charge in [-0.2, -0.15) is 0 Å². The summed E-state index contributed by atoms with van der Waals surface area (Å²) in [5, 5.41) is 3.15. The molecular weight excluding hydrogens is 216 g/mol. The Labute approximate surface area is 96.7 Å². The number of hydrogen-bond donors (Lipinski definition) is 1. The number of carbonyl (C=O) groups excluding carboxylic acids is 1. The van der Waals surface area contributed by atoms with Crippen LogP contribution in [0.25, 0.3) is 0 Å². The maximum absolute atomic E-state index is 12.0. The van der Waals surface area contributed by atoms with E-state index in [0.29, 0.717) is 13.2 Å². The third-order valence-corrected chi connectivity index (χ3v) is 3.04. The first kappa shape index (κ1) is 12.7. The molecule has 0 aromatic rings. The SMILES string of the molecule is CC1COCC(C)N1C(=O)[C@H]1CCN1.Cl. The highest BCUT2D eigenvalue weighted by molar-refractivity contribution is 5.85. The van der Waals surface area contributed by atoms with Gasteiger partial charge in [0, 0.05) is 0 Å². The molecule has 2 fully saturated rings. The molecule has 0 bridgehead atoms. The predicted octanol–water partition coefficient (Wildman–Crippen LogP) is 0.406. The standard InChI is InChI=1S/C10H18N2O2.ClH/c1-7-5-14-6-8(2)12(7)10(13)9-3-4-11-9;/h7-9,11H,3-6H2,1-2H3;1H/t7?,8?,9-;/m1./s1. The zero-order valence-corrected chi connectivity index (χ0v) is 10.0. The quantitative estimate of drug-likeness (QED) is 0.715. The van der Waals surface area contributed by atoms with E-state index in [2.05, 4.69) is 5.32 Å². The summed E-state index contributed by atoms with van der Waals surface area (Å²) < 4.78 is 5.39. The molecule has 0 aliphatic carbocycles. The number of nitrogens with one attached hydrogen (secondary N) is 1. The van der Waals surface area contributed by atoms with Crippen LogP contribution in [-0.4, -0.2) is 48.7 Å². The monoisotopic (exact) mass is 234 g/mol. The first-order valence-corrected chi connectivity index (χ1v) is 5.33. The predicted molar refractivity (Wildman–Crippen MR) is 60.2 cm³/mol. The lowest BCUT2D eigenvalue weighted by atomic mass is 10.0. The van der Waals surface area contributed by atoms with Crippen molar-refractivity contribution in [2.45, 2.75) is 38.4 Å². The second-order valence-electron chi connectivity index (χ2n) is 4.28. The van der Waals surface area contributed by atoms with Crippen LogP contribution in [0.3, 0.4) is 0 Å². The van der Waals surface area contributed by atoms with Gasteiger partial charge in [0.2, 0.25) is 5.91 Å². The fourth-order valence-electron chi connectivity index (χ4n) is 2.12. The number of hydrogen-bond acceptors (Lipinski definition) is 3. The molecular formula is C10H19ClN2O2. The van der Waals surface area contributed by atoms with Crippen LogP contribution in [-0.2, 0) is 9.53 Å². The van der Waals surface area contributed by atoms with Gasteiger partial charge in [0.25, 0.3) is 0 Å². The van der Waals surface area contributed by atoms with E-state index in [-0.39, 0.29) is 36.4 Å². The van der Waals surface area contributed by atoms with Crippen molar-refractivity contribution >= 4 is 18.3 Å². The summed E-state index contributed by atoms with van der Waals surface area (Å²) in [6.45, 7) is 6.41. The summed E-state index contributed by atoms with van der Waals surface area (Å²) in [6, 6.07) is 0.500. The summed E-state index contributed by atoms with van der Waals surface area (Å²) in [5.41, 5.74) is 0. The first-order valence-electron chi connectivity index (χ1n) is 5.33. The smallest absolute Gasteiger partial charge is 0.240 e. The molecule has 2 rings (SSSR count). The van der Waals surface area contributed by atoms with Crippen molar-refractivity contribution in [1.82, 2.24) is 10.2 Å². The molecule has 88 valence electrons. The molecule has 2 aliphatic rings. The summed E-state index contributed by atoms with van der Waals surface area (Å²) in [5.74, 6) is 0.250. The third-order valence-electron chi connectivity index (χ3n) is 3.04. The first-order chi connectivity index (χ1) is 6.70. The van der Waals surface area contributed by atoms with Crippen molar-refractivity contribution in [3.63, 3.8) is 0 Å². The molecule has 2 heterocycles. The molecule has 1 N–H and O–H groups in total. The van der Waals surface area contributed by atoms with Crippen LogP contribution in [0.1, 0.15) is 20.3 Å². The maximum Gasteiger partial charge on any atom is 0.240 e. The molecule has 0 spiro atoms. The van der Waals surface area contributed by atoms with E-state index < -0.39 is 0 Å². The number of nitrogens with zero attached hydrogens (tertiary/aromatic N) is 1. The molecule has 0 saturated carbocycles. The van der Waals surface area contributed by atoms with Crippen LogP contribution in [0.5, 0.6) is 0 Å². The lowest BCUT2D eigenvalue weighted by molar-refractivity contribution is -0.148. The van der Waals surface area contributed by atoms with Gasteiger partial charge in [-0.05, 0) is 26.8 Å². The number of halogens is 1. The number of morpholine rings is 1. The number of ether oxygens (including phenoxy) is 1. The average Bonchev–Trinajstić information content (AvgIpc) is 2.00. The Morgan fingerprint density at radius 1 is 1.33 bits per heavy atom. The van der Waals surface area contributed by atoms with Gasteiger partial charge in [-0.25, -0.2) is 0 Å². The molecule has 1 amide bonds. The second kappa shape index (κ2) is 5.14. The molecule has 0 aromatic heterocycles. The molecule has 4 nitrogen and oxygen atoms in total. The third kappa shape index (κ3) is 2.44. The van der Waals surface area contributed by atoms with E-state index in [9.17, 15) is 4.79 Å². The van der Waals surface area contributed by atoms with Gasteiger partial charge in [-0.15, -0.1) is 12.4 Å². The van der Waals surface area contributed by atoms with Gasteiger partial charge >= 0.3 is 0 Å². The highest BCUT2D eigenvalue weighted by Crippen LogP contribution is 2.17. The lowest BCUT2D eigenvalue weighted by Gasteiger charge is -2.42. The molecule has 2 saturated heterocycles. The largest absolute Gasteiger partial charge is 0.377 e. The summed E-state index contributed by atoms with van der Waals surface area (Å²) >= 11 is 0. The lowest BCUT2D eigenvalue weighted by Crippen LogP contribution is -2.61. The van der Waals surface area contributed by atoms with Crippen molar-refractivity contribution in [1.29, 1.82) is 0 Å². The van der Waals surface area contributed by atoms with Gasteiger partial charge < -0.3 is 15.0 Å². The Kier molecular flexibility index (Phi) is 4.37. The van der Waals surface area contributed by atoms with Crippen LogP contribution < -0.4 is 5.32 Å². The molecule has 2 unspecified atom stereocenters. The normalized spacial score (nSPS) is 35.3. The molecule has 0 radical (unpaired) electrons. The molecule has 2 aliphatic heterocycles. The topological polar surface area (TPSA) is 41.6 Å². The Hall–Kier alpha value is -0.320. The van der Waals surface area contributed by atoms with E-state index in [0.717, 1.165) is 13.0 Å². The summed E-state index contributed by atoms with van der Waals surface area (Å²) in [4.78, 5) is 14.0. The number of rotatable bonds is 1. The Bertz CT molecular complexity index is 223. The highest BCUT2D eigenvalue weighted by atomic mass is 35.5. The minimum atomic E-state index is 0. The summed E-state index contributed by atoms with van der Waals surface area (Å²) in [7, 11) is 0. The van der Waals surface area contributed by atoms with Crippen LogP contribution in [0.2, 0.25) is 0 Å². The van der Waals surface area contributed by atoms with Gasteiger partial charge in [-0.3, -0.25) is 4.79 Å². The number of amides is 1. The van der Waals surface area contributed by atoms with Crippen molar-refractivity contribution in [2.75, 3.05) is 19.8 Å². The van der Waals surface area contributed by atoms with E-state index in [1.165, 1.54) is 0 Å². The number of carbonyl (C=O) groups is 1. The van der Waals surface area contributed by atoms with E-state index in [1.54, 1.807) is 0 Å². The highest BCUT2D eigenvalue weighted by Gasteiger charge is 2.35. The Balaban J connectivity index is 0.00000112. The molecule has 15 heavy (non-hydrogen) atoms. The second-order valence-corrected chi connectivity index (χ2v) is 4.28. The van der Waals surface area contributed by atoms with Crippen LogP contribution in [0.4, 0.5) is 0 Å². The minimum Gasteiger partial charge on any atom is -0.377 e. The van der Waals surface area contributed by atoms with Crippen molar-refractivity contribution in [3.8, 4) is 0 Å². The van der Waals surface area contributed by atoms with Crippen LogP contribution >= 0.6 is 12.4 Å². The van der Waals surface area contributed by atoms with Crippen molar-refractivity contribution in [2.24, 2.45) is 0 Å². The molecule has 5 heteroatoms. The van der Waals surface area contributed by atoms with Gasteiger partial charge in [-0.1, -0.05) is 0 Å². The zero-order valence-electron chi connectivity index (χ0n) is 9.23. The fraction of sp³-hybridized carbons (Fsp3) is 0.900. The minimum absolute atomic E-state index is 0. The maximum atomic E-state index is 12.0. The molecule has 0 aromatic carbocycles. The van der Waals surface area contributed by atoms with Gasteiger partial charge in [0.05, 0.1) is 31.3 Å². The van der Waals surface area contributed by atoms with E-state index in [4.69, 9.17) is 4.74 Å². The van der Waals surface area contributed by atoms with Gasteiger partial charge in [0.1, 0.15) is 0 Å². The van der Waals surface area contributed by atoms with Gasteiger partial charge in [0.15, 0.2) is 0 Å². The Morgan fingerprint density at radius 3 is 2.27 bits per heavy atom. The van der Waals surface area contributed by atoms with Crippen molar-refractivity contribution < 1.29 is 9.53 Å². The fourth-order valence-corrected chi connectivity index (χ4v) is 2.12. The molecule has 3 atom stereocenters. The summed E-state index contributed by atoms with van der Waals surface area (Å²) in [6.07, 6.45) is 0.982. The Morgan fingerprint density at radius 2 is 1.87 bits per heavy atom. The van der Waals surface area contributed by atoms with Crippen LogP contribution in [0, 0.1) is 0 Å². The van der Waals surface area contributed by atoms with Crippen molar-refractivity contribution in [3.05, 3.63) is 0 Å². The van der Waals surface area contributed by atoms with Crippen LogP contribution in [0.15, 0.2) is 0 Å². The van der Waals surface area contributed by atoms with E-state index >= 15 is 0 Å².